The van der Waals surface area contributed by atoms with Crippen molar-refractivity contribution in [2.75, 3.05) is 52.7 Å². The van der Waals surface area contributed by atoms with Crippen LogP contribution in [0.25, 0.3) is 0 Å². The van der Waals surface area contributed by atoms with Crippen molar-refractivity contribution in [3.63, 3.8) is 0 Å². The molecule has 4 aromatic carbocycles. The zero-order chi connectivity index (χ0) is 36.2. The van der Waals surface area contributed by atoms with E-state index in [1.54, 1.807) is 18.2 Å². The minimum absolute atomic E-state index is 0.0255. The van der Waals surface area contributed by atoms with Gasteiger partial charge in [0.1, 0.15) is 48.3 Å². The minimum Gasteiger partial charge on any atom is -0.744 e. The molecule has 272 valence electrons. The Morgan fingerprint density at radius 3 is 1.92 bits per heavy atom. The highest BCUT2D eigenvalue weighted by atomic mass is 32.2. The number of quaternary nitrogens is 1. The zero-order valence-corrected chi connectivity index (χ0v) is 29.9. The molecule has 4 rings (SSSR count). The van der Waals surface area contributed by atoms with E-state index in [2.05, 4.69) is 29.6 Å². The Hall–Kier alpha value is -3.65. The van der Waals surface area contributed by atoms with Crippen LogP contribution in [-0.4, -0.2) is 97.7 Å². The topological polar surface area (TPSA) is 148 Å². The van der Waals surface area contributed by atoms with Crippen molar-refractivity contribution in [1.29, 1.82) is 0 Å². The van der Waals surface area contributed by atoms with Crippen molar-refractivity contribution >= 4 is 10.1 Å². The minimum atomic E-state index is -4.27. The summed E-state index contributed by atoms with van der Waals surface area (Å²) in [6.45, 7) is 7.74. The van der Waals surface area contributed by atoms with Crippen molar-refractivity contribution in [2.45, 2.75) is 50.4 Å². The normalized spacial score (nSPS) is 12.9. The first kappa shape index (κ1) is 40.8. The summed E-state index contributed by atoms with van der Waals surface area (Å²) in [6.07, 6.45) is 1.11. The fourth-order valence-corrected chi connectivity index (χ4v) is 6.24. The number of phenols is 1. The summed E-state index contributed by atoms with van der Waals surface area (Å²) in [4.78, 5) is -0.178. The monoisotopic (exact) mass is 708 g/mol. The third-order valence-corrected chi connectivity index (χ3v) is 9.22. The van der Waals surface area contributed by atoms with Gasteiger partial charge in [0.15, 0.2) is 0 Å². The molecule has 0 saturated carbocycles. The number of nitrogens with one attached hydrogen (secondary N) is 1. The third kappa shape index (κ3) is 14.7. The number of aliphatic hydroxyl groups is 2. The molecule has 0 heterocycles. The molecular formula is C39H52N2O8S. The van der Waals surface area contributed by atoms with Crippen LogP contribution in [0.1, 0.15) is 29.2 Å². The van der Waals surface area contributed by atoms with Gasteiger partial charge in [-0.1, -0.05) is 96.6 Å². The number of aromatic hydroxyl groups is 1. The van der Waals surface area contributed by atoms with Crippen molar-refractivity contribution in [3.05, 3.63) is 131 Å². The standard InChI is InChI=1S/C32H44N2O5.C7H8O3S/c1-2-39-32(26-38-22-19-34(17-20-35,18-21-36)25-28-13-7-4-8-14-28)33-30(23-27-11-5-3-6-12-27)24-29-15-9-10-16-31(29)37;1-6-2-4-7(5-3-6)11(8,9)10/h3-16,30,32-33,35-36H,2,17-26H2,1H3;2-5H,1H3,(H,8,9,10). The molecule has 0 radical (unpaired) electrons. The number of nitrogens with zero attached hydrogens (tertiary/aromatic N) is 1. The molecule has 0 aliphatic carbocycles. The number of rotatable bonds is 20. The highest BCUT2D eigenvalue weighted by Gasteiger charge is 2.27. The summed E-state index contributed by atoms with van der Waals surface area (Å²) in [7, 11) is -4.27. The van der Waals surface area contributed by atoms with E-state index in [4.69, 9.17) is 9.47 Å². The number of aliphatic hydroxyl groups excluding tert-OH is 2. The zero-order valence-electron chi connectivity index (χ0n) is 29.1. The molecule has 2 unspecified atom stereocenters. The van der Waals surface area contributed by atoms with Gasteiger partial charge in [0.25, 0.3) is 0 Å². The van der Waals surface area contributed by atoms with Crippen molar-refractivity contribution in [3.8, 4) is 5.75 Å². The maximum Gasteiger partial charge on any atom is 0.131 e. The van der Waals surface area contributed by atoms with Crippen LogP contribution < -0.4 is 5.32 Å². The lowest BCUT2D eigenvalue weighted by molar-refractivity contribution is -0.941. The number of hydrogen-bond acceptors (Lipinski definition) is 9. The maximum absolute atomic E-state index is 10.4. The number of para-hydroxylation sites is 1. The fourth-order valence-electron chi connectivity index (χ4n) is 5.77. The molecule has 11 heteroatoms. The van der Waals surface area contributed by atoms with Gasteiger partial charge in [0.2, 0.25) is 0 Å². The molecule has 0 amide bonds. The van der Waals surface area contributed by atoms with Crippen LogP contribution >= 0.6 is 0 Å². The number of hydrogen-bond donors (Lipinski definition) is 4. The predicted molar refractivity (Wildman–Crippen MR) is 193 cm³/mol. The molecule has 10 nitrogen and oxygen atoms in total. The summed E-state index contributed by atoms with van der Waals surface area (Å²) in [5.41, 5.74) is 4.19. The molecule has 0 aliphatic rings. The number of phenolic OH excluding ortho intramolecular Hbond substituents is 1. The summed E-state index contributed by atoms with van der Waals surface area (Å²) in [6, 6.07) is 33.7. The van der Waals surface area contributed by atoms with Crippen molar-refractivity contribution in [1.82, 2.24) is 5.32 Å². The van der Waals surface area contributed by atoms with Gasteiger partial charge < -0.3 is 33.8 Å². The van der Waals surface area contributed by atoms with Crippen LogP contribution in [0.3, 0.4) is 0 Å². The molecule has 0 bridgehead atoms. The molecular weight excluding hydrogens is 657 g/mol. The first-order chi connectivity index (χ1) is 24.1. The van der Waals surface area contributed by atoms with Crippen LogP contribution in [0.2, 0.25) is 0 Å². The smallest absolute Gasteiger partial charge is 0.131 e. The Bertz CT molecular complexity index is 1600. The Labute approximate surface area is 297 Å². The molecule has 0 saturated heterocycles. The summed E-state index contributed by atoms with van der Waals surface area (Å²) in [5.74, 6) is 0.293. The lowest BCUT2D eigenvalue weighted by Gasteiger charge is -2.38. The molecule has 0 spiro atoms. The summed E-state index contributed by atoms with van der Waals surface area (Å²) < 4.78 is 43.9. The van der Waals surface area contributed by atoms with Crippen molar-refractivity contribution < 1.29 is 42.2 Å². The molecule has 0 aromatic heterocycles. The Morgan fingerprint density at radius 1 is 0.780 bits per heavy atom. The van der Waals surface area contributed by atoms with Crippen LogP contribution in [0.4, 0.5) is 0 Å². The van der Waals surface area contributed by atoms with Gasteiger partial charge >= 0.3 is 0 Å². The molecule has 0 fully saturated rings. The maximum atomic E-state index is 10.4. The lowest BCUT2D eigenvalue weighted by Crippen LogP contribution is -2.53. The molecule has 0 aliphatic heterocycles. The molecule has 2 atom stereocenters. The van der Waals surface area contributed by atoms with Gasteiger partial charge in [-0.05, 0) is 56.0 Å². The van der Waals surface area contributed by atoms with E-state index < -0.39 is 10.1 Å². The van der Waals surface area contributed by atoms with E-state index in [9.17, 15) is 28.3 Å². The quantitative estimate of drug-likeness (QED) is 0.0454. The highest BCUT2D eigenvalue weighted by Crippen LogP contribution is 2.20. The van der Waals surface area contributed by atoms with E-state index in [1.807, 2.05) is 68.4 Å². The van der Waals surface area contributed by atoms with Crippen LogP contribution in [0.15, 0.2) is 114 Å². The number of aryl methyl sites for hydroxylation is 1. The largest absolute Gasteiger partial charge is 0.744 e. The second-order valence-corrected chi connectivity index (χ2v) is 13.7. The van der Waals surface area contributed by atoms with Gasteiger partial charge in [-0.2, -0.15) is 0 Å². The van der Waals surface area contributed by atoms with Gasteiger partial charge in [0, 0.05) is 18.2 Å². The fraction of sp³-hybridized carbons (Fsp3) is 0.385. The average Bonchev–Trinajstić information content (AvgIpc) is 3.09. The van der Waals surface area contributed by atoms with E-state index in [0.29, 0.717) is 56.1 Å². The molecule has 4 N–H and O–H groups in total. The Morgan fingerprint density at radius 2 is 1.36 bits per heavy atom. The second-order valence-electron chi connectivity index (χ2n) is 12.3. The summed E-state index contributed by atoms with van der Waals surface area (Å²) in [5, 5.41) is 33.6. The van der Waals surface area contributed by atoms with E-state index in [1.165, 1.54) is 23.3 Å². The van der Waals surface area contributed by atoms with Crippen molar-refractivity contribution in [2.24, 2.45) is 0 Å². The average molecular weight is 709 g/mol. The summed E-state index contributed by atoms with van der Waals surface area (Å²) >= 11 is 0. The van der Waals surface area contributed by atoms with Gasteiger partial charge in [-0.3, -0.25) is 5.32 Å². The lowest BCUT2D eigenvalue weighted by atomic mass is 9.98. The van der Waals surface area contributed by atoms with Crippen LogP contribution in [0, 0.1) is 6.92 Å². The van der Waals surface area contributed by atoms with Gasteiger partial charge in [-0.25, -0.2) is 8.42 Å². The van der Waals surface area contributed by atoms with E-state index in [0.717, 1.165) is 24.1 Å². The predicted octanol–water partition coefficient (Wildman–Crippen LogP) is 4.42. The first-order valence-corrected chi connectivity index (χ1v) is 18.4. The molecule has 4 aromatic rings. The number of benzene rings is 4. The Balaban J connectivity index is 0.000000521. The molecule has 50 heavy (non-hydrogen) atoms. The third-order valence-electron chi connectivity index (χ3n) is 8.37. The second kappa shape index (κ2) is 21.5. The van der Waals surface area contributed by atoms with Gasteiger partial charge in [-0.15, -0.1) is 0 Å². The van der Waals surface area contributed by atoms with E-state index >= 15 is 0 Å². The SMILES string of the molecule is CCOC(COCC[N+](CCO)(CCO)Cc1ccccc1)NC(Cc1ccccc1)Cc1ccccc1O.Cc1ccc(S(=O)(=O)[O-])cc1. The first-order valence-electron chi connectivity index (χ1n) is 17.0. The van der Waals surface area contributed by atoms with Crippen LogP contribution in [-0.2, 0) is 39.0 Å². The highest BCUT2D eigenvalue weighted by molar-refractivity contribution is 7.85. The number of ether oxygens (including phenoxy) is 2. The van der Waals surface area contributed by atoms with Gasteiger partial charge in [0.05, 0.1) is 31.3 Å². The van der Waals surface area contributed by atoms with Crippen LogP contribution in [0.5, 0.6) is 5.75 Å². The van der Waals surface area contributed by atoms with E-state index in [-0.39, 0.29) is 30.4 Å². The Kier molecular flexibility index (Phi) is 17.6.